The van der Waals surface area contributed by atoms with Crippen LogP contribution in [-0.2, 0) is 15.8 Å². The van der Waals surface area contributed by atoms with Crippen LogP contribution in [0, 0.1) is 0 Å². The average molecular weight is 547 g/mol. The van der Waals surface area contributed by atoms with Crippen molar-refractivity contribution in [1.82, 2.24) is 5.32 Å². The maximum absolute atomic E-state index is 13.8. The number of carbonyl (C=O) groups excluding carboxylic acids is 2. The summed E-state index contributed by atoms with van der Waals surface area (Å²) in [5.41, 5.74) is 2.11. The summed E-state index contributed by atoms with van der Waals surface area (Å²) in [6, 6.07) is 19.8. The van der Waals surface area contributed by atoms with Gasteiger partial charge in [0.1, 0.15) is 0 Å². The van der Waals surface area contributed by atoms with Crippen molar-refractivity contribution in [1.29, 1.82) is 0 Å². The van der Waals surface area contributed by atoms with E-state index in [9.17, 15) is 22.8 Å². The van der Waals surface area contributed by atoms with Crippen LogP contribution in [0.25, 0.3) is 0 Å². The number of benzene rings is 3. The number of ether oxygens (including phenoxy) is 2. The van der Waals surface area contributed by atoms with E-state index >= 15 is 0 Å². The Labute approximate surface area is 228 Å². The van der Waals surface area contributed by atoms with E-state index in [1.165, 1.54) is 18.2 Å². The Morgan fingerprint density at radius 3 is 2.42 bits per heavy atom. The van der Waals surface area contributed by atoms with Gasteiger partial charge in [-0.05, 0) is 54.7 Å². The summed E-state index contributed by atoms with van der Waals surface area (Å²) >= 11 is 0. The molecule has 40 heavy (non-hydrogen) atoms. The predicted molar refractivity (Wildman–Crippen MR) is 142 cm³/mol. The first kappa shape index (κ1) is 25.7. The maximum atomic E-state index is 13.8. The van der Waals surface area contributed by atoms with E-state index in [1.54, 1.807) is 25.1 Å². The number of para-hydroxylation sites is 1. The molecule has 3 aliphatic rings. The minimum atomic E-state index is -4.66. The fraction of sp³-hybridized carbons (Fsp3) is 0.226. The fourth-order valence-corrected chi connectivity index (χ4v) is 5.76. The molecule has 204 valence electrons. The van der Waals surface area contributed by atoms with Crippen LogP contribution < -0.4 is 20.1 Å². The number of fused-ring (bicyclic) bond motifs is 1. The second-order valence-electron chi connectivity index (χ2n) is 10.0. The summed E-state index contributed by atoms with van der Waals surface area (Å²) in [7, 11) is 0. The van der Waals surface area contributed by atoms with Gasteiger partial charge >= 0.3 is 6.18 Å². The topological polar surface area (TPSA) is 76.7 Å². The minimum Gasteiger partial charge on any atom is -0.454 e. The smallest absolute Gasteiger partial charge is 0.418 e. The summed E-state index contributed by atoms with van der Waals surface area (Å²) in [6.07, 6.45) is -3.86. The standard InChI is InChI=1S/C31H25F3N2O4/c1-17-27(30(38)36-22-10-6-5-9-21(22)31(32,33)34)28(19-11-12-25-26(15-19)40-16-39-25)29-23(35-17)13-20(14-24(29)37)18-7-3-2-4-8-18/h2-12,15,20,28,35H,13-14,16H2,1H3,(H,36,38)/t20-,28-/m0/s1. The molecule has 0 saturated heterocycles. The van der Waals surface area contributed by atoms with Crippen molar-refractivity contribution in [3.8, 4) is 11.5 Å². The van der Waals surface area contributed by atoms with Gasteiger partial charge in [0.25, 0.3) is 5.91 Å². The molecule has 3 aromatic rings. The van der Waals surface area contributed by atoms with E-state index < -0.39 is 23.6 Å². The molecule has 1 amide bonds. The number of hydrogen-bond donors (Lipinski definition) is 2. The van der Waals surface area contributed by atoms with Gasteiger partial charge in [-0.2, -0.15) is 13.2 Å². The summed E-state index contributed by atoms with van der Waals surface area (Å²) in [6.45, 7) is 1.75. The Morgan fingerprint density at radius 1 is 0.925 bits per heavy atom. The highest BCUT2D eigenvalue weighted by atomic mass is 19.4. The van der Waals surface area contributed by atoms with Crippen molar-refractivity contribution in [3.05, 3.63) is 112 Å². The Balaban J connectivity index is 1.43. The Bertz CT molecular complexity index is 1580. The number of allylic oxidation sites excluding steroid dienone is 3. The van der Waals surface area contributed by atoms with E-state index in [1.807, 2.05) is 30.3 Å². The zero-order valence-electron chi connectivity index (χ0n) is 21.5. The van der Waals surface area contributed by atoms with Gasteiger partial charge in [-0.25, -0.2) is 0 Å². The number of dihydropyridines is 1. The number of alkyl halides is 3. The average Bonchev–Trinajstić information content (AvgIpc) is 3.40. The van der Waals surface area contributed by atoms with Gasteiger partial charge in [-0.3, -0.25) is 9.59 Å². The second kappa shape index (κ2) is 9.89. The SMILES string of the molecule is CC1=C(C(=O)Nc2ccccc2C(F)(F)F)[C@H](c2ccc3c(c2)OCO3)C2=C(C[C@H](c3ccccc3)CC2=O)N1. The number of hydrogen-bond acceptors (Lipinski definition) is 5. The number of anilines is 1. The van der Waals surface area contributed by atoms with Gasteiger partial charge in [0, 0.05) is 34.9 Å². The third-order valence-corrected chi connectivity index (χ3v) is 7.55. The Morgan fingerprint density at radius 2 is 1.65 bits per heavy atom. The van der Waals surface area contributed by atoms with Crippen LogP contribution >= 0.6 is 0 Å². The first-order chi connectivity index (χ1) is 19.2. The number of rotatable bonds is 4. The van der Waals surface area contributed by atoms with E-state index in [2.05, 4.69) is 10.6 Å². The molecular formula is C31H25F3N2O4. The number of Topliss-reactive ketones (excluding diaryl/α,β-unsaturated/α-hetero) is 1. The highest BCUT2D eigenvalue weighted by Crippen LogP contribution is 2.47. The van der Waals surface area contributed by atoms with Gasteiger partial charge < -0.3 is 20.1 Å². The summed E-state index contributed by atoms with van der Waals surface area (Å²) in [4.78, 5) is 27.6. The minimum absolute atomic E-state index is 0.0424. The van der Waals surface area contributed by atoms with Crippen molar-refractivity contribution in [3.63, 3.8) is 0 Å². The first-order valence-electron chi connectivity index (χ1n) is 12.9. The molecule has 6 rings (SSSR count). The number of halogens is 3. The van der Waals surface area contributed by atoms with Crippen LogP contribution in [0.2, 0.25) is 0 Å². The van der Waals surface area contributed by atoms with Crippen LogP contribution in [0.15, 0.2) is 95.3 Å². The maximum Gasteiger partial charge on any atom is 0.418 e. The van der Waals surface area contributed by atoms with Crippen LogP contribution in [0.4, 0.5) is 18.9 Å². The Hall–Kier alpha value is -4.53. The highest BCUT2D eigenvalue weighted by molar-refractivity contribution is 6.10. The van der Waals surface area contributed by atoms with Crippen LogP contribution in [0.1, 0.15) is 48.3 Å². The third-order valence-electron chi connectivity index (χ3n) is 7.55. The molecule has 0 radical (unpaired) electrons. The number of carbonyl (C=O) groups is 2. The highest BCUT2D eigenvalue weighted by Gasteiger charge is 2.42. The van der Waals surface area contributed by atoms with Gasteiger partial charge in [0.2, 0.25) is 6.79 Å². The molecule has 1 aliphatic carbocycles. The number of nitrogens with one attached hydrogen (secondary N) is 2. The first-order valence-corrected chi connectivity index (χ1v) is 12.9. The van der Waals surface area contributed by atoms with Crippen LogP contribution in [0.3, 0.4) is 0 Å². The zero-order valence-corrected chi connectivity index (χ0v) is 21.5. The van der Waals surface area contributed by atoms with Crippen molar-refractivity contribution in [2.75, 3.05) is 12.1 Å². The lowest BCUT2D eigenvalue weighted by atomic mass is 9.71. The summed E-state index contributed by atoms with van der Waals surface area (Å²) in [5.74, 6) is -0.694. The fourth-order valence-electron chi connectivity index (χ4n) is 5.76. The van der Waals surface area contributed by atoms with Gasteiger partial charge in [0.05, 0.1) is 11.3 Å². The molecular weight excluding hydrogens is 521 g/mol. The molecule has 0 bridgehead atoms. The largest absolute Gasteiger partial charge is 0.454 e. The van der Waals surface area contributed by atoms with E-state index in [-0.39, 0.29) is 36.2 Å². The monoisotopic (exact) mass is 546 g/mol. The van der Waals surface area contributed by atoms with Crippen molar-refractivity contribution in [2.24, 2.45) is 0 Å². The molecule has 2 heterocycles. The molecule has 9 heteroatoms. The normalized spacial score (nSPS) is 20.2. The lowest BCUT2D eigenvalue weighted by molar-refractivity contribution is -0.137. The molecule has 3 aromatic carbocycles. The van der Waals surface area contributed by atoms with E-state index in [4.69, 9.17) is 9.47 Å². The van der Waals surface area contributed by atoms with E-state index in [0.717, 1.165) is 11.6 Å². The summed E-state index contributed by atoms with van der Waals surface area (Å²) in [5, 5.41) is 5.73. The van der Waals surface area contributed by atoms with Crippen LogP contribution in [0.5, 0.6) is 11.5 Å². The molecule has 6 nitrogen and oxygen atoms in total. The lowest BCUT2D eigenvalue weighted by Crippen LogP contribution is -2.37. The van der Waals surface area contributed by atoms with Crippen molar-refractivity contribution < 1.29 is 32.2 Å². The van der Waals surface area contributed by atoms with E-state index in [0.29, 0.717) is 40.5 Å². The van der Waals surface area contributed by atoms with Gasteiger partial charge in [-0.15, -0.1) is 0 Å². The molecule has 2 N–H and O–H groups in total. The molecule has 2 aliphatic heterocycles. The number of ketones is 1. The predicted octanol–water partition coefficient (Wildman–Crippen LogP) is 6.43. The molecule has 0 saturated carbocycles. The number of amides is 1. The second-order valence-corrected chi connectivity index (χ2v) is 10.0. The zero-order chi connectivity index (χ0) is 28.0. The molecule has 0 fully saturated rings. The molecule has 0 unspecified atom stereocenters. The van der Waals surface area contributed by atoms with Crippen molar-refractivity contribution >= 4 is 17.4 Å². The Kier molecular flexibility index (Phi) is 6.37. The lowest BCUT2D eigenvalue weighted by Gasteiger charge is -2.37. The molecule has 0 spiro atoms. The van der Waals surface area contributed by atoms with Crippen LogP contribution in [-0.4, -0.2) is 18.5 Å². The molecule has 0 aromatic heterocycles. The quantitative estimate of drug-likeness (QED) is 0.394. The van der Waals surface area contributed by atoms with Crippen molar-refractivity contribution in [2.45, 2.75) is 37.8 Å². The summed E-state index contributed by atoms with van der Waals surface area (Å²) < 4.78 is 52.0. The third kappa shape index (κ3) is 4.61. The van der Waals surface area contributed by atoms with Gasteiger partial charge in [0.15, 0.2) is 17.3 Å². The van der Waals surface area contributed by atoms with Gasteiger partial charge in [-0.1, -0.05) is 48.5 Å². The molecule has 2 atom stereocenters.